The molecular weight excluding hydrogens is 238 g/mol. The smallest absolute Gasteiger partial charge is 0.272 e. The SMILES string of the molecule is CCCCN(C)C(=O)c1ccc(NCC(C)C)cn1. The first-order valence-corrected chi connectivity index (χ1v) is 7.00. The Balaban J connectivity index is 2.57. The number of nitrogens with one attached hydrogen (secondary N) is 1. The Morgan fingerprint density at radius 3 is 2.68 bits per heavy atom. The maximum atomic E-state index is 12.1. The second kappa shape index (κ2) is 7.77. The van der Waals surface area contributed by atoms with Gasteiger partial charge >= 0.3 is 0 Å². The van der Waals surface area contributed by atoms with Gasteiger partial charge in [0.1, 0.15) is 5.69 Å². The second-order valence-corrected chi connectivity index (χ2v) is 5.29. The molecule has 1 rings (SSSR count). The largest absolute Gasteiger partial charge is 0.384 e. The number of unbranched alkanes of at least 4 members (excludes halogenated alkanes) is 1. The van der Waals surface area contributed by atoms with E-state index in [0.717, 1.165) is 31.6 Å². The van der Waals surface area contributed by atoms with E-state index >= 15 is 0 Å². The van der Waals surface area contributed by atoms with Crippen LogP contribution in [0.3, 0.4) is 0 Å². The van der Waals surface area contributed by atoms with Gasteiger partial charge in [0.15, 0.2) is 0 Å². The maximum Gasteiger partial charge on any atom is 0.272 e. The Hall–Kier alpha value is -1.58. The number of carbonyl (C=O) groups excluding carboxylic acids is 1. The highest BCUT2D eigenvalue weighted by Crippen LogP contribution is 2.09. The predicted molar refractivity (Wildman–Crippen MR) is 79.4 cm³/mol. The van der Waals surface area contributed by atoms with Gasteiger partial charge in [-0.1, -0.05) is 27.2 Å². The van der Waals surface area contributed by atoms with Crippen LogP contribution < -0.4 is 5.32 Å². The second-order valence-electron chi connectivity index (χ2n) is 5.29. The number of carbonyl (C=O) groups is 1. The summed E-state index contributed by atoms with van der Waals surface area (Å²) in [5.41, 5.74) is 1.47. The van der Waals surface area contributed by atoms with Crippen molar-refractivity contribution in [3.8, 4) is 0 Å². The van der Waals surface area contributed by atoms with Crippen LogP contribution >= 0.6 is 0 Å². The number of anilines is 1. The quantitative estimate of drug-likeness (QED) is 0.822. The molecular formula is C15H25N3O. The van der Waals surface area contributed by atoms with Gasteiger partial charge in [0, 0.05) is 20.1 Å². The summed E-state index contributed by atoms with van der Waals surface area (Å²) in [5, 5.41) is 3.29. The molecule has 1 aromatic heterocycles. The fourth-order valence-corrected chi connectivity index (χ4v) is 1.64. The van der Waals surface area contributed by atoms with Crippen molar-refractivity contribution in [3.05, 3.63) is 24.0 Å². The first-order chi connectivity index (χ1) is 9.04. The summed E-state index contributed by atoms with van der Waals surface area (Å²) < 4.78 is 0. The molecule has 1 amide bonds. The van der Waals surface area contributed by atoms with E-state index in [1.165, 1.54) is 0 Å². The van der Waals surface area contributed by atoms with Gasteiger partial charge in [0.2, 0.25) is 0 Å². The van der Waals surface area contributed by atoms with Gasteiger partial charge in [-0.25, -0.2) is 4.98 Å². The highest BCUT2D eigenvalue weighted by molar-refractivity contribution is 5.92. The van der Waals surface area contributed by atoms with Crippen molar-refractivity contribution < 1.29 is 4.79 Å². The molecule has 1 N–H and O–H groups in total. The Morgan fingerprint density at radius 1 is 1.42 bits per heavy atom. The van der Waals surface area contributed by atoms with Gasteiger partial charge in [-0.3, -0.25) is 4.79 Å². The molecule has 106 valence electrons. The van der Waals surface area contributed by atoms with Crippen LogP contribution in [-0.2, 0) is 0 Å². The van der Waals surface area contributed by atoms with Crippen molar-refractivity contribution in [2.75, 3.05) is 25.5 Å². The van der Waals surface area contributed by atoms with Crippen LogP contribution in [0, 0.1) is 5.92 Å². The third kappa shape index (κ3) is 5.28. The summed E-state index contributed by atoms with van der Waals surface area (Å²) >= 11 is 0. The van der Waals surface area contributed by atoms with E-state index in [4.69, 9.17) is 0 Å². The lowest BCUT2D eigenvalue weighted by molar-refractivity contribution is 0.0787. The molecule has 4 nitrogen and oxygen atoms in total. The fraction of sp³-hybridized carbons (Fsp3) is 0.600. The minimum Gasteiger partial charge on any atom is -0.384 e. The fourth-order valence-electron chi connectivity index (χ4n) is 1.64. The maximum absolute atomic E-state index is 12.1. The molecule has 4 heteroatoms. The van der Waals surface area contributed by atoms with Gasteiger partial charge in [-0.2, -0.15) is 0 Å². The third-order valence-corrected chi connectivity index (χ3v) is 2.89. The number of amides is 1. The number of rotatable bonds is 7. The summed E-state index contributed by atoms with van der Waals surface area (Å²) in [5.74, 6) is 0.574. The van der Waals surface area contributed by atoms with Crippen LogP contribution in [0.1, 0.15) is 44.1 Å². The minimum atomic E-state index is -0.0103. The molecule has 0 saturated heterocycles. The molecule has 0 fully saturated rings. The summed E-state index contributed by atoms with van der Waals surface area (Å²) in [6.07, 6.45) is 3.84. The molecule has 0 aliphatic rings. The average Bonchev–Trinajstić information content (AvgIpc) is 2.42. The number of hydrogen-bond acceptors (Lipinski definition) is 3. The molecule has 0 radical (unpaired) electrons. The molecule has 0 bridgehead atoms. The van der Waals surface area contributed by atoms with E-state index in [0.29, 0.717) is 11.6 Å². The zero-order valence-corrected chi connectivity index (χ0v) is 12.4. The summed E-state index contributed by atoms with van der Waals surface area (Å²) in [6.45, 7) is 8.11. The number of hydrogen-bond donors (Lipinski definition) is 1. The van der Waals surface area contributed by atoms with Gasteiger partial charge in [-0.05, 0) is 24.5 Å². The molecule has 0 unspecified atom stereocenters. The molecule has 0 aliphatic carbocycles. The van der Waals surface area contributed by atoms with Crippen LogP contribution in [0.25, 0.3) is 0 Å². The normalized spacial score (nSPS) is 10.6. The lowest BCUT2D eigenvalue weighted by atomic mass is 10.2. The van der Waals surface area contributed by atoms with Crippen molar-refractivity contribution in [2.45, 2.75) is 33.6 Å². The molecule has 0 atom stereocenters. The molecule has 0 saturated carbocycles. The minimum absolute atomic E-state index is 0.0103. The van der Waals surface area contributed by atoms with Gasteiger partial charge in [0.25, 0.3) is 5.91 Å². The summed E-state index contributed by atoms with van der Waals surface area (Å²) in [4.78, 5) is 18.0. The van der Waals surface area contributed by atoms with Gasteiger partial charge < -0.3 is 10.2 Å². The predicted octanol–water partition coefficient (Wildman–Crippen LogP) is 3.02. The summed E-state index contributed by atoms with van der Waals surface area (Å²) in [7, 11) is 1.82. The Labute approximate surface area is 116 Å². The van der Waals surface area contributed by atoms with Crippen molar-refractivity contribution in [3.63, 3.8) is 0 Å². The van der Waals surface area contributed by atoms with Crippen LogP contribution in [-0.4, -0.2) is 35.9 Å². The van der Waals surface area contributed by atoms with Crippen LogP contribution in [0.15, 0.2) is 18.3 Å². The summed E-state index contributed by atoms with van der Waals surface area (Å²) in [6, 6.07) is 3.70. The third-order valence-electron chi connectivity index (χ3n) is 2.89. The molecule has 1 aromatic rings. The van der Waals surface area contributed by atoms with E-state index in [9.17, 15) is 4.79 Å². The topological polar surface area (TPSA) is 45.2 Å². The van der Waals surface area contributed by atoms with Gasteiger partial charge in [-0.15, -0.1) is 0 Å². The zero-order valence-electron chi connectivity index (χ0n) is 12.4. The van der Waals surface area contributed by atoms with Crippen molar-refractivity contribution >= 4 is 11.6 Å². The van der Waals surface area contributed by atoms with Crippen molar-refractivity contribution in [2.24, 2.45) is 5.92 Å². The van der Waals surface area contributed by atoms with Gasteiger partial charge in [0.05, 0.1) is 11.9 Å². The van der Waals surface area contributed by atoms with E-state index in [1.54, 1.807) is 17.2 Å². The van der Waals surface area contributed by atoms with E-state index in [1.807, 2.05) is 13.1 Å². The number of nitrogens with zero attached hydrogens (tertiary/aromatic N) is 2. The molecule has 1 heterocycles. The molecule has 0 aromatic carbocycles. The lowest BCUT2D eigenvalue weighted by Gasteiger charge is -2.16. The Morgan fingerprint density at radius 2 is 2.16 bits per heavy atom. The highest BCUT2D eigenvalue weighted by atomic mass is 16.2. The van der Waals surface area contributed by atoms with Crippen molar-refractivity contribution in [1.82, 2.24) is 9.88 Å². The van der Waals surface area contributed by atoms with Crippen LogP contribution in [0.2, 0.25) is 0 Å². The zero-order chi connectivity index (χ0) is 14.3. The monoisotopic (exact) mass is 263 g/mol. The number of aromatic nitrogens is 1. The Kier molecular flexibility index (Phi) is 6.33. The average molecular weight is 263 g/mol. The number of pyridine rings is 1. The first-order valence-electron chi connectivity index (χ1n) is 7.00. The molecule has 0 aliphatic heterocycles. The first kappa shape index (κ1) is 15.5. The standard InChI is InChI=1S/C15H25N3O/c1-5-6-9-18(4)15(19)14-8-7-13(11-17-14)16-10-12(2)3/h7-8,11-12,16H,5-6,9-10H2,1-4H3. The van der Waals surface area contributed by atoms with Crippen LogP contribution in [0.4, 0.5) is 5.69 Å². The van der Waals surface area contributed by atoms with Crippen molar-refractivity contribution in [1.29, 1.82) is 0 Å². The van der Waals surface area contributed by atoms with E-state index in [2.05, 4.69) is 31.1 Å². The molecule has 19 heavy (non-hydrogen) atoms. The lowest BCUT2D eigenvalue weighted by Crippen LogP contribution is -2.28. The van der Waals surface area contributed by atoms with Crippen LogP contribution in [0.5, 0.6) is 0 Å². The highest BCUT2D eigenvalue weighted by Gasteiger charge is 2.12. The molecule has 0 spiro atoms. The van der Waals surface area contributed by atoms with E-state index in [-0.39, 0.29) is 5.91 Å². The Bertz CT molecular complexity index is 387. The van der Waals surface area contributed by atoms with E-state index < -0.39 is 0 Å².